The molecule has 0 radical (unpaired) electrons. The van der Waals surface area contributed by atoms with Crippen LogP contribution in [0.1, 0.15) is 11.6 Å². The summed E-state index contributed by atoms with van der Waals surface area (Å²) in [5.41, 5.74) is 0.553. The van der Waals surface area contributed by atoms with Gasteiger partial charge in [0.05, 0.1) is 0 Å². The molecule has 0 bridgehead atoms. The van der Waals surface area contributed by atoms with Crippen molar-refractivity contribution in [2.45, 2.75) is 6.04 Å². The number of hydrogen-bond donors (Lipinski definition) is 2. The lowest BCUT2D eigenvalue weighted by Crippen LogP contribution is -2.21. The minimum absolute atomic E-state index is 0.200. The van der Waals surface area contributed by atoms with Crippen molar-refractivity contribution < 1.29 is 9.90 Å². The number of carbonyl (C=O) groups excluding carboxylic acids is 1. The second-order valence-electron chi connectivity index (χ2n) is 3.19. The topological polar surface area (TPSA) is 73.1 Å². The first-order valence-corrected chi connectivity index (χ1v) is 4.43. The van der Waals surface area contributed by atoms with Gasteiger partial charge in [0.25, 0.3) is 5.91 Å². The molecule has 15 heavy (non-hydrogen) atoms. The summed E-state index contributed by atoms with van der Waals surface area (Å²) in [6, 6.07) is 10.1. The smallest absolute Gasteiger partial charge is 0.266 e. The molecule has 1 atom stereocenters. The van der Waals surface area contributed by atoms with Crippen LogP contribution >= 0.6 is 0 Å². The van der Waals surface area contributed by atoms with E-state index in [0.717, 1.165) is 5.56 Å². The number of benzene rings is 1. The van der Waals surface area contributed by atoms with Crippen LogP contribution in [0.25, 0.3) is 0 Å². The van der Waals surface area contributed by atoms with Crippen LogP contribution in [0, 0.1) is 11.3 Å². The molecular weight excluding hydrogens is 192 g/mol. The molecule has 1 unspecified atom stereocenters. The maximum absolute atomic E-state index is 11.2. The van der Waals surface area contributed by atoms with E-state index in [0.29, 0.717) is 0 Å². The summed E-state index contributed by atoms with van der Waals surface area (Å²) < 4.78 is 0. The van der Waals surface area contributed by atoms with Crippen LogP contribution in [0.5, 0.6) is 0 Å². The van der Waals surface area contributed by atoms with Crippen molar-refractivity contribution in [1.82, 2.24) is 5.32 Å². The fourth-order valence-electron chi connectivity index (χ4n) is 1.53. The highest BCUT2D eigenvalue weighted by molar-refractivity contribution is 6.00. The van der Waals surface area contributed by atoms with E-state index in [9.17, 15) is 9.90 Å². The van der Waals surface area contributed by atoms with Gasteiger partial charge < -0.3 is 10.4 Å². The fourth-order valence-corrected chi connectivity index (χ4v) is 1.53. The highest BCUT2D eigenvalue weighted by Gasteiger charge is 2.32. The highest BCUT2D eigenvalue weighted by atomic mass is 16.3. The van der Waals surface area contributed by atoms with E-state index in [1.807, 2.05) is 6.07 Å². The number of amides is 1. The fraction of sp³-hybridized carbons (Fsp3) is 0.0909. The van der Waals surface area contributed by atoms with Gasteiger partial charge in [-0.1, -0.05) is 30.3 Å². The molecule has 2 rings (SSSR count). The molecule has 0 fully saturated rings. The second-order valence-corrected chi connectivity index (χ2v) is 3.19. The third kappa shape index (κ3) is 1.44. The van der Waals surface area contributed by atoms with E-state index in [1.165, 1.54) is 0 Å². The number of aliphatic hydroxyl groups excluding tert-OH is 1. The molecule has 1 aliphatic heterocycles. The van der Waals surface area contributed by atoms with Gasteiger partial charge in [-0.25, -0.2) is 0 Å². The molecule has 0 saturated carbocycles. The molecule has 1 aliphatic rings. The molecule has 4 nitrogen and oxygen atoms in total. The van der Waals surface area contributed by atoms with Gasteiger partial charge in [0, 0.05) is 0 Å². The standard InChI is InChI=1S/C11H8N2O2/c12-6-8-10(14)9(13-11(8)15)7-4-2-1-3-5-7/h1-5,9,14H,(H,13,15). The average Bonchev–Trinajstić information content (AvgIpc) is 2.55. The van der Waals surface area contributed by atoms with Crippen molar-refractivity contribution in [1.29, 1.82) is 5.26 Å². The zero-order valence-electron chi connectivity index (χ0n) is 7.77. The molecule has 0 aromatic heterocycles. The summed E-state index contributed by atoms with van der Waals surface area (Å²) in [7, 11) is 0. The first-order valence-electron chi connectivity index (χ1n) is 4.43. The molecule has 2 N–H and O–H groups in total. The summed E-state index contributed by atoms with van der Waals surface area (Å²) in [4.78, 5) is 11.2. The van der Waals surface area contributed by atoms with Crippen LogP contribution in [0.3, 0.4) is 0 Å². The van der Waals surface area contributed by atoms with Gasteiger partial charge in [-0.15, -0.1) is 0 Å². The van der Waals surface area contributed by atoms with Crippen molar-refractivity contribution in [2.24, 2.45) is 0 Å². The first-order chi connectivity index (χ1) is 7.24. The van der Waals surface area contributed by atoms with Crippen LogP contribution in [0.15, 0.2) is 41.7 Å². The predicted octanol–water partition coefficient (Wildman–Crippen LogP) is 1.19. The van der Waals surface area contributed by atoms with E-state index < -0.39 is 11.9 Å². The van der Waals surface area contributed by atoms with Gasteiger partial charge in [0.2, 0.25) is 0 Å². The Kier molecular flexibility index (Phi) is 2.14. The van der Waals surface area contributed by atoms with Crippen molar-refractivity contribution in [2.75, 3.05) is 0 Å². The Labute approximate surface area is 86.5 Å². The number of nitriles is 1. The van der Waals surface area contributed by atoms with Crippen LogP contribution < -0.4 is 5.32 Å². The van der Waals surface area contributed by atoms with Gasteiger partial charge >= 0.3 is 0 Å². The molecule has 74 valence electrons. The monoisotopic (exact) mass is 200 g/mol. The van der Waals surface area contributed by atoms with Crippen molar-refractivity contribution >= 4 is 5.91 Å². The zero-order chi connectivity index (χ0) is 10.8. The van der Waals surface area contributed by atoms with Crippen LogP contribution in [-0.2, 0) is 4.79 Å². The quantitative estimate of drug-likeness (QED) is 0.715. The summed E-state index contributed by atoms with van der Waals surface area (Å²) >= 11 is 0. The Bertz CT molecular complexity index is 471. The van der Waals surface area contributed by atoms with Crippen molar-refractivity contribution in [3.05, 3.63) is 47.2 Å². The van der Waals surface area contributed by atoms with E-state index in [4.69, 9.17) is 5.26 Å². The van der Waals surface area contributed by atoms with Gasteiger partial charge in [-0.2, -0.15) is 5.26 Å². The lowest BCUT2D eigenvalue weighted by Gasteiger charge is -2.10. The van der Waals surface area contributed by atoms with Gasteiger partial charge in [-0.05, 0) is 5.56 Å². The number of nitrogens with one attached hydrogen (secondary N) is 1. The molecule has 1 aromatic rings. The molecule has 1 heterocycles. The molecule has 1 amide bonds. The molecule has 1 aromatic carbocycles. The molecule has 4 heteroatoms. The Morgan fingerprint density at radius 2 is 2.00 bits per heavy atom. The van der Waals surface area contributed by atoms with Crippen molar-refractivity contribution in [3.8, 4) is 6.07 Å². The molecule has 0 spiro atoms. The van der Waals surface area contributed by atoms with E-state index in [2.05, 4.69) is 5.32 Å². The molecule has 0 aliphatic carbocycles. The van der Waals surface area contributed by atoms with E-state index in [-0.39, 0.29) is 11.3 Å². The predicted molar refractivity (Wildman–Crippen MR) is 52.6 cm³/mol. The zero-order valence-corrected chi connectivity index (χ0v) is 7.77. The van der Waals surface area contributed by atoms with Gasteiger partial charge in [0.1, 0.15) is 17.9 Å². The lowest BCUT2D eigenvalue weighted by atomic mass is 10.1. The minimum Gasteiger partial charge on any atom is -0.508 e. The maximum atomic E-state index is 11.2. The minimum atomic E-state index is -0.589. The van der Waals surface area contributed by atoms with Crippen LogP contribution in [-0.4, -0.2) is 11.0 Å². The van der Waals surface area contributed by atoms with E-state index in [1.54, 1.807) is 30.3 Å². The summed E-state index contributed by atoms with van der Waals surface area (Å²) in [5.74, 6) is -0.724. The second kappa shape index (κ2) is 3.46. The van der Waals surface area contributed by atoms with Gasteiger partial charge in [0.15, 0.2) is 5.57 Å². The number of aliphatic hydroxyl groups is 1. The maximum Gasteiger partial charge on any atom is 0.266 e. The Balaban J connectivity index is 2.41. The summed E-state index contributed by atoms with van der Waals surface area (Å²) in [5, 5.41) is 20.8. The molecule has 0 saturated heterocycles. The van der Waals surface area contributed by atoms with E-state index >= 15 is 0 Å². The lowest BCUT2D eigenvalue weighted by molar-refractivity contribution is -0.116. The third-order valence-electron chi connectivity index (χ3n) is 2.28. The normalized spacial score (nSPS) is 19.9. The van der Waals surface area contributed by atoms with Crippen LogP contribution in [0.2, 0.25) is 0 Å². The number of rotatable bonds is 1. The van der Waals surface area contributed by atoms with Gasteiger partial charge in [-0.3, -0.25) is 4.79 Å². The third-order valence-corrected chi connectivity index (χ3v) is 2.28. The number of hydrogen-bond acceptors (Lipinski definition) is 3. The first kappa shape index (κ1) is 9.28. The SMILES string of the molecule is N#CC1=C(O)C(c2ccccc2)NC1=O. The Morgan fingerprint density at radius 1 is 1.33 bits per heavy atom. The Hall–Kier alpha value is -2.28. The van der Waals surface area contributed by atoms with Crippen molar-refractivity contribution in [3.63, 3.8) is 0 Å². The number of nitrogens with zero attached hydrogens (tertiary/aromatic N) is 1. The molecular formula is C11H8N2O2. The largest absolute Gasteiger partial charge is 0.508 e. The highest BCUT2D eigenvalue weighted by Crippen LogP contribution is 2.27. The summed E-state index contributed by atoms with van der Waals surface area (Å²) in [6.07, 6.45) is 0. The summed E-state index contributed by atoms with van der Waals surface area (Å²) in [6.45, 7) is 0. The van der Waals surface area contributed by atoms with Crippen LogP contribution in [0.4, 0.5) is 0 Å². The Morgan fingerprint density at radius 3 is 2.53 bits per heavy atom. The number of carbonyl (C=O) groups is 1. The average molecular weight is 200 g/mol.